The molecule has 0 N–H and O–H groups in total. The summed E-state index contributed by atoms with van der Waals surface area (Å²) in [6.07, 6.45) is 1.16. The second kappa shape index (κ2) is 8.54. The van der Waals surface area contributed by atoms with Gasteiger partial charge in [-0.2, -0.15) is 4.99 Å². The second-order valence-corrected chi connectivity index (χ2v) is 5.42. The molecule has 1 aromatic carbocycles. The molecule has 7 nitrogen and oxygen atoms in total. The maximum Gasteiger partial charge on any atom is 0.350 e. The molecule has 0 unspecified atom stereocenters. The number of methoxy groups -OCH3 is 1. The molecule has 24 heavy (non-hydrogen) atoms. The first-order chi connectivity index (χ1) is 11.2. The van der Waals surface area contributed by atoms with Gasteiger partial charge in [-0.3, -0.25) is 0 Å². The number of ether oxygens (including phenoxy) is 3. The van der Waals surface area contributed by atoms with Crippen LogP contribution < -0.4 is 0 Å². The van der Waals surface area contributed by atoms with E-state index in [9.17, 15) is 18.8 Å². The van der Waals surface area contributed by atoms with Crippen molar-refractivity contribution in [1.29, 1.82) is 0 Å². The quantitative estimate of drug-likeness (QED) is 0.321. The van der Waals surface area contributed by atoms with E-state index >= 15 is 0 Å². The average molecular weight is 360 g/mol. The number of halogens is 2. The van der Waals surface area contributed by atoms with E-state index in [-0.39, 0.29) is 23.8 Å². The molecule has 0 radical (unpaired) electrons. The van der Waals surface area contributed by atoms with Gasteiger partial charge < -0.3 is 14.2 Å². The van der Waals surface area contributed by atoms with Crippen LogP contribution in [-0.2, 0) is 23.8 Å². The predicted molar refractivity (Wildman–Crippen MR) is 81.5 cm³/mol. The van der Waals surface area contributed by atoms with Gasteiger partial charge in [0.05, 0.1) is 17.2 Å². The smallest absolute Gasteiger partial charge is 0.350 e. The Bertz CT molecular complexity index is 685. The Hall–Kier alpha value is -2.28. The molecule has 0 aromatic heterocycles. The largest absolute Gasteiger partial charge is 0.460 e. The Kier molecular flexibility index (Phi) is 7.03. The molecule has 1 rings (SSSR count). The van der Waals surface area contributed by atoms with Gasteiger partial charge in [-0.1, -0.05) is 11.6 Å². The molecule has 130 valence electrons. The highest BCUT2D eigenvalue weighted by Crippen LogP contribution is 2.28. The third-order valence-electron chi connectivity index (χ3n) is 2.78. The minimum atomic E-state index is -1.61. The summed E-state index contributed by atoms with van der Waals surface area (Å²) in [6, 6.07) is 1.73. The highest BCUT2D eigenvalue weighted by molar-refractivity contribution is 6.33. The lowest BCUT2D eigenvalue weighted by Crippen LogP contribution is -2.39. The Morgan fingerprint density at radius 3 is 2.58 bits per heavy atom. The minimum Gasteiger partial charge on any atom is -0.460 e. The predicted octanol–water partition coefficient (Wildman–Crippen LogP) is 2.57. The summed E-state index contributed by atoms with van der Waals surface area (Å²) >= 11 is 5.79. The van der Waals surface area contributed by atoms with Crippen LogP contribution in [0.2, 0.25) is 5.02 Å². The number of benzene rings is 1. The van der Waals surface area contributed by atoms with Crippen molar-refractivity contribution in [3.63, 3.8) is 0 Å². The van der Waals surface area contributed by atoms with Gasteiger partial charge in [-0.25, -0.2) is 18.8 Å². The van der Waals surface area contributed by atoms with E-state index in [1.54, 1.807) is 0 Å². The molecule has 0 spiro atoms. The first kappa shape index (κ1) is 19.8. The van der Waals surface area contributed by atoms with Crippen LogP contribution in [0.4, 0.5) is 10.1 Å². The molecular formula is C15H15ClFNO6. The molecule has 0 aliphatic heterocycles. The number of carbonyl (C=O) groups is 2. The van der Waals surface area contributed by atoms with Crippen molar-refractivity contribution in [1.82, 2.24) is 0 Å². The van der Waals surface area contributed by atoms with Crippen molar-refractivity contribution in [3.8, 4) is 0 Å². The van der Waals surface area contributed by atoms with Crippen molar-refractivity contribution >= 4 is 35.3 Å². The summed E-state index contributed by atoms with van der Waals surface area (Å²) in [7, 11) is 1.44. The first-order valence-corrected chi connectivity index (χ1v) is 7.07. The van der Waals surface area contributed by atoms with Crippen LogP contribution in [0.3, 0.4) is 0 Å². The summed E-state index contributed by atoms with van der Waals surface area (Å²) in [5.74, 6) is -2.70. The van der Waals surface area contributed by atoms with Crippen molar-refractivity contribution < 1.29 is 33.0 Å². The number of aliphatic imine (C=N–C) groups is 1. The number of hydrogen-bond acceptors (Lipinski definition) is 7. The van der Waals surface area contributed by atoms with Crippen molar-refractivity contribution in [3.05, 3.63) is 28.5 Å². The zero-order valence-electron chi connectivity index (χ0n) is 13.2. The van der Waals surface area contributed by atoms with Gasteiger partial charge in [-0.15, -0.1) is 0 Å². The standard InChI is InChI=1S/C15H15ClFNO6/c1-15(2,14(21)23-5-4-22-3)24-13(20)9-6-12(18-8-19)11(17)7-10(9)16/h6-7H,4-5H2,1-3H3. The molecule has 0 saturated heterocycles. The normalized spacial score (nSPS) is 10.7. The number of nitrogens with zero attached hydrogens (tertiary/aromatic N) is 1. The molecule has 0 heterocycles. The Morgan fingerprint density at radius 2 is 2.00 bits per heavy atom. The van der Waals surface area contributed by atoms with Gasteiger partial charge in [0.25, 0.3) is 0 Å². The number of hydrogen-bond donors (Lipinski definition) is 0. The van der Waals surface area contributed by atoms with Crippen molar-refractivity contribution in [2.75, 3.05) is 20.3 Å². The molecule has 0 aliphatic carbocycles. The Morgan fingerprint density at radius 1 is 1.33 bits per heavy atom. The summed E-state index contributed by atoms with van der Waals surface area (Å²) in [5, 5.41) is -0.258. The van der Waals surface area contributed by atoms with Crippen LogP contribution >= 0.6 is 11.6 Å². The lowest BCUT2D eigenvalue weighted by Gasteiger charge is -2.23. The second-order valence-electron chi connectivity index (χ2n) is 5.02. The molecule has 0 atom stereocenters. The molecular weight excluding hydrogens is 345 g/mol. The topological polar surface area (TPSA) is 91.3 Å². The zero-order chi connectivity index (χ0) is 18.3. The van der Waals surface area contributed by atoms with Crippen LogP contribution in [0.5, 0.6) is 0 Å². The fourth-order valence-corrected chi connectivity index (χ4v) is 1.78. The number of isocyanates is 1. The first-order valence-electron chi connectivity index (χ1n) is 6.69. The lowest BCUT2D eigenvalue weighted by molar-refractivity contribution is -0.163. The molecule has 0 saturated carbocycles. The van der Waals surface area contributed by atoms with E-state index in [4.69, 9.17) is 25.8 Å². The molecule has 0 aliphatic rings. The molecule has 9 heteroatoms. The number of rotatable bonds is 7. The van der Waals surface area contributed by atoms with Crippen molar-refractivity contribution in [2.45, 2.75) is 19.4 Å². The fraction of sp³-hybridized carbons (Fsp3) is 0.400. The van der Waals surface area contributed by atoms with E-state index in [0.29, 0.717) is 0 Å². The van der Waals surface area contributed by atoms with Crippen LogP contribution in [0, 0.1) is 5.82 Å². The summed E-state index contributed by atoms with van der Waals surface area (Å²) < 4.78 is 28.2. The maximum absolute atomic E-state index is 13.5. The van der Waals surface area contributed by atoms with Gasteiger partial charge in [0.1, 0.15) is 12.3 Å². The Balaban J connectivity index is 2.96. The van der Waals surface area contributed by atoms with E-state index in [1.165, 1.54) is 21.0 Å². The maximum atomic E-state index is 13.5. The summed E-state index contributed by atoms with van der Waals surface area (Å²) in [4.78, 5) is 37.5. The van der Waals surface area contributed by atoms with Gasteiger partial charge >= 0.3 is 11.9 Å². The highest BCUT2D eigenvalue weighted by atomic mass is 35.5. The van der Waals surface area contributed by atoms with Gasteiger partial charge in [0.15, 0.2) is 5.82 Å². The lowest BCUT2D eigenvalue weighted by atomic mass is 10.1. The van der Waals surface area contributed by atoms with Gasteiger partial charge in [0.2, 0.25) is 11.7 Å². The van der Waals surface area contributed by atoms with Gasteiger partial charge in [-0.05, 0) is 26.0 Å². The zero-order valence-corrected chi connectivity index (χ0v) is 14.0. The van der Waals surface area contributed by atoms with E-state index in [1.807, 2.05) is 0 Å². The van der Waals surface area contributed by atoms with Crippen LogP contribution in [0.1, 0.15) is 24.2 Å². The molecule has 0 bridgehead atoms. The SMILES string of the molecule is COCCOC(=O)C(C)(C)OC(=O)c1cc(N=C=O)c(F)cc1Cl. The molecule has 0 amide bonds. The fourth-order valence-electron chi connectivity index (χ4n) is 1.55. The third kappa shape index (κ3) is 5.13. The minimum absolute atomic E-state index is 0.00812. The monoisotopic (exact) mass is 359 g/mol. The highest BCUT2D eigenvalue weighted by Gasteiger charge is 2.35. The summed E-state index contributed by atoms with van der Waals surface area (Å²) in [5.41, 5.74) is -2.30. The van der Waals surface area contributed by atoms with Gasteiger partial charge in [0, 0.05) is 7.11 Å². The van der Waals surface area contributed by atoms with Crippen LogP contribution in [0.25, 0.3) is 0 Å². The number of esters is 2. The van der Waals surface area contributed by atoms with Crippen LogP contribution in [0.15, 0.2) is 17.1 Å². The Labute approximate surface area is 142 Å². The average Bonchev–Trinajstić information content (AvgIpc) is 2.49. The third-order valence-corrected chi connectivity index (χ3v) is 3.10. The molecule has 1 aromatic rings. The van der Waals surface area contributed by atoms with Crippen LogP contribution in [-0.4, -0.2) is 43.9 Å². The van der Waals surface area contributed by atoms with E-state index < -0.39 is 29.0 Å². The van der Waals surface area contributed by atoms with Crippen molar-refractivity contribution in [2.24, 2.45) is 4.99 Å². The van der Waals surface area contributed by atoms with E-state index in [0.717, 1.165) is 18.2 Å². The number of carbonyl (C=O) groups excluding carboxylic acids is 3. The van der Waals surface area contributed by atoms with E-state index in [2.05, 4.69) is 4.99 Å². The molecule has 0 fully saturated rings. The summed E-state index contributed by atoms with van der Waals surface area (Å²) in [6.45, 7) is 2.82.